The number of hydrogen-bond acceptors (Lipinski definition) is 4. The van der Waals surface area contributed by atoms with Crippen molar-refractivity contribution in [2.75, 3.05) is 0 Å². The van der Waals surface area contributed by atoms with E-state index >= 15 is 0 Å². The first-order chi connectivity index (χ1) is 1.73. The topological polar surface area (TPSA) is 101 Å². The maximum atomic E-state index is 8.25. The molecule has 6 heteroatoms. The van der Waals surface area contributed by atoms with Crippen molar-refractivity contribution in [2.24, 2.45) is 0 Å². The summed E-state index contributed by atoms with van der Waals surface area (Å²) in [5, 5.41) is 14.8. The molecule has 0 unspecified atom stereocenters. The van der Waals surface area contributed by atoms with Crippen LogP contribution in [-0.4, -0.2) is 5.09 Å². The Kier molecular flexibility index (Phi) is 24.6. The Labute approximate surface area is 53.2 Å². The van der Waals surface area contributed by atoms with Gasteiger partial charge in [-0.3, -0.25) is 0 Å². The van der Waals surface area contributed by atoms with Crippen molar-refractivity contribution in [3.8, 4) is 0 Å². The summed E-state index contributed by atoms with van der Waals surface area (Å²) in [6, 6.07) is 0. The summed E-state index contributed by atoms with van der Waals surface area (Å²) >= 11 is 0. The van der Waals surface area contributed by atoms with E-state index in [1.165, 1.54) is 0 Å². The van der Waals surface area contributed by atoms with Crippen molar-refractivity contribution in [2.45, 2.75) is 0 Å². The molecule has 0 saturated carbocycles. The monoisotopic (exact) mass is 169 g/mol. The minimum absolute atomic E-state index is 0. The van der Waals surface area contributed by atoms with E-state index in [2.05, 4.69) is 0 Å². The van der Waals surface area contributed by atoms with Gasteiger partial charge in [0.1, 0.15) is 0 Å². The molecule has 0 aliphatic heterocycles. The molecule has 3 N–H and O–H groups in total. The van der Waals surface area contributed by atoms with Gasteiger partial charge < -0.3 is 21.5 Å². The summed E-state index contributed by atoms with van der Waals surface area (Å²) in [6.45, 7) is 0. The van der Waals surface area contributed by atoms with E-state index in [4.69, 9.17) is 15.3 Å². The Bertz CT molecular complexity index is 31.8. The second-order valence-electron chi connectivity index (χ2n) is 0.224. The van der Waals surface area contributed by atoms with E-state index in [1.54, 1.807) is 0 Å². The Morgan fingerprint density at radius 3 is 1.33 bits per heavy atom. The molecule has 0 saturated heterocycles. The summed E-state index contributed by atoms with van der Waals surface area (Å²) in [4.78, 5) is 8.25. The minimum atomic E-state index is -1.75. The first kappa shape index (κ1) is 16.6. The molecule has 0 heterocycles. The smallest absolute Gasteiger partial charge is 0.0689 e. The molecule has 0 rings (SSSR count). The molecule has 0 fully saturated rings. The largest absolute Gasteiger partial charge is 0.356 e. The molecule has 0 amide bonds. The summed E-state index contributed by atoms with van der Waals surface area (Å²) in [5.41, 5.74) is 0. The van der Waals surface area contributed by atoms with Gasteiger partial charge in [-0.15, -0.1) is 0 Å². The van der Waals surface area contributed by atoms with Crippen LogP contribution >= 0.6 is 0 Å². The zero-order valence-electron chi connectivity index (χ0n) is 2.88. The van der Waals surface area contributed by atoms with Crippen molar-refractivity contribution < 1.29 is 31.3 Å². The molecule has 0 spiro atoms. The van der Waals surface area contributed by atoms with Crippen LogP contribution in [0.5, 0.6) is 0 Å². The van der Waals surface area contributed by atoms with Gasteiger partial charge >= 0.3 is 0 Å². The van der Waals surface area contributed by atoms with E-state index < -0.39 is 5.09 Å². The third kappa shape index (κ3) is 20100. The summed E-state index contributed by atoms with van der Waals surface area (Å²) < 4.78 is 0. The molecule has 0 aliphatic carbocycles. The first-order valence-electron chi connectivity index (χ1n) is 0.548. The number of rotatable bonds is 0. The van der Waals surface area contributed by atoms with E-state index in [0.29, 0.717) is 0 Å². The van der Waals surface area contributed by atoms with Gasteiger partial charge in [0.2, 0.25) is 0 Å². The quantitative estimate of drug-likeness (QED) is 0.406. The van der Waals surface area contributed by atoms with Gasteiger partial charge in [0.05, 0.1) is 5.09 Å². The molecular formula is H3N2O3Zr-. The predicted molar refractivity (Wildman–Crippen MR) is 15.4 cm³/mol. The van der Waals surface area contributed by atoms with Crippen LogP contribution in [0.4, 0.5) is 0 Å². The van der Waals surface area contributed by atoms with Gasteiger partial charge in [-0.1, -0.05) is 0 Å². The predicted octanol–water partition coefficient (Wildman–Crippen LogP) is -0.0796. The summed E-state index contributed by atoms with van der Waals surface area (Å²) in [7, 11) is 0. The van der Waals surface area contributed by atoms with Gasteiger partial charge in [-0.25, -0.2) is 0 Å². The molecule has 5 nitrogen and oxygen atoms in total. The van der Waals surface area contributed by atoms with Crippen molar-refractivity contribution in [1.82, 2.24) is 6.15 Å². The Balaban J connectivity index is -0.0000000450. The van der Waals surface area contributed by atoms with Gasteiger partial charge in [0.15, 0.2) is 0 Å². The molecule has 0 aliphatic rings. The second kappa shape index (κ2) is 8.90. The van der Waals surface area contributed by atoms with E-state index in [9.17, 15) is 0 Å². The molecule has 36 valence electrons. The van der Waals surface area contributed by atoms with Gasteiger partial charge in [-0.05, 0) is 0 Å². The summed E-state index contributed by atoms with van der Waals surface area (Å²) in [5.74, 6) is 0. The molecule has 0 aromatic carbocycles. The SMILES string of the molecule is N.O=[N+]([O-])[O-].[Zr]. The van der Waals surface area contributed by atoms with E-state index in [-0.39, 0.29) is 32.4 Å². The molecule has 0 aromatic rings. The van der Waals surface area contributed by atoms with Crippen LogP contribution in [0, 0.1) is 15.3 Å². The zero-order valence-corrected chi connectivity index (χ0v) is 5.34. The van der Waals surface area contributed by atoms with Crippen LogP contribution in [0.15, 0.2) is 0 Å². The Morgan fingerprint density at radius 1 is 1.33 bits per heavy atom. The van der Waals surface area contributed by atoms with E-state index in [1.807, 2.05) is 0 Å². The van der Waals surface area contributed by atoms with Crippen molar-refractivity contribution >= 4 is 0 Å². The van der Waals surface area contributed by atoms with Gasteiger partial charge in [0.25, 0.3) is 0 Å². The average Bonchev–Trinajstić information content (AvgIpc) is 0.811. The number of nitrogens with zero attached hydrogens (tertiary/aromatic N) is 1. The van der Waals surface area contributed by atoms with E-state index in [0.717, 1.165) is 0 Å². The molecule has 0 bridgehead atoms. The molecular weight excluding hydrogens is 167 g/mol. The maximum absolute atomic E-state index is 8.25. The summed E-state index contributed by atoms with van der Waals surface area (Å²) in [6.07, 6.45) is 0. The first-order valence-corrected chi connectivity index (χ1v) is 0.548. The molecule has 0 radical (unpaired) electrons. The Hall–Kier alpha value is 0.0431. The second-order valence-corrected chi connectivity index (χ2v) is 0.224. The standard InChI is InChI=1S/NO3.H3N.Zr/c2-1(3)4;;/h;1H3;/q-1;;. The van der Waals surface area contributed by atoms with Crippen LogP contribution in [-0.2, 0) is 26.2 Å². The van der Waals surface area contributed by atoms with Gasteiger partial charge in [-0.2, -0.15) is 0 Å². The Morgan fingerprint density at radius 2 is 1.33 bits per heavy atom. The normalized spacial score (nSPS) is 4.00. The number of hydrogen-bond donors (Lipinski definition) is 1. The third-order valence-electron chi connectivity index (χ3n) is 0. The molecule has 0 atom stereocenters. The van der Waals surface area contributed by atoms with Crippen LogP contribution < -0.4 is 6.15 Å². The van der Waals surface area contributed by atoms with Crippen molar-refractivity contribution in [3.63, 3.8) is 0 Å². The molecule has 0 aromatic heterocycles. The van der Waals surface area contributed by atoms with Crippen LogP contribution in [0.1, 0.15) is 0 Å². The zero-order chi connectivity index (χ0) is 3.58. The average molecular weight is 170 g/mol. The van der Waals surface area contributed by atoms with Crippen molar-refractivity contribution in [1.29, 1.82) is 0 Å². The van der Waals surface area contributed by atoms with Gasteiger partial charge in [0, 0.05) is 26.2 Å². The fourth-order valence-electron chi connectivity index (χ4n) is 0. The minimum Gasteiger partial charge on any atom is -0.356 e. The molecule has 6 heavy (non-hydrogen) atoms. The van der Waals surface area contributed by atoms with Crippen molar-refractivity contribution in [3.05, 3.63) is 15.3 Å². The van der Waals surface area contributed by atoms with Crippen LogP contribution in [0.2, 0.25) is 0 Å². The maximum Gasteiger partial charge on any atom is 0.0689 e. The fraction of sp³-hybridized carbons (Fsp3) is 0. The fourth-order valence-corrected chi connectivity index (χ4v) is 0. The van der Waals surface area contributed by atoms with Crippen LogP contribution in [0.3, 0.4) is 0 Å². The van der Waals surface area contributed by atoms with Crippen LogP contribution in [0.25, 0.3) is 0 Å². The third-order valence-corrected chi connectivity index (χ3v) is 0.